The predicted molar refractivity (Wildman–Crippen MR) is 98.7 cm³/mol. The molecule has 0 heterocycles. The molecular weight excluding hydrogens is 345 g/mol. The van der Waals surface area contributed by atoms with Gasteiger partial charge < -0.3 is 9.47 Å². The second-order valence-electron chi connectivity index (χ2n) is 4.87. The van der Waals surface area contributed by atoms with Crippen LogP contribution in [0.15, 0.2) is 36.4 Å². The van der Waals surface area contributed by atoms with Gasteiger partial charge in [0.1, 0.15) is 0 Å². The second-order valence-corrected chi connectivity index (χ2v) is 5.71. The van der Waals surface area contributed by atoms with Crippen LogP contribution in [0.5, 0.6) is 11.5 Å². The van der Waals surface area contributed by atoms with E-state index in [9.17, 15) is 5.26 Å². The number of hydrogen-bond donors (Lipinski definition) is 0. The summed E-state index contributed by atoms with van der Waals surface area (Å²) in [7, 11) is 0. The van der Waals surface area contributed by atoms with E-state index in [1.165, 1.54) is 0 Å². The van der Waals surface area contributed by atoms with E-state index >= 15 is 0 Å². The van der Waals surface area contributed by atoms with Gasteiger partial charge in [-0.05, 0) is 49.8 Å². The summed E-state index contributed by atoms with van der Waals surface area (Å²) < 4.78 is 11.2. The van der Waals surface area contributed by atoms with Crippen molar-refractivity contribution in [1.29, 1.82) is 5.26 Å². The Kier molecular flexibility index (Phi) is 6.54. The van der Waals surface area contributed by atoms with Gasteiger partial charge in [0.25, 0.3) is 0 Å². The molecule has 0 aliphatic carbocycles. The number of nitriles is 1. The molecule has 3 nitrogen and oxygen atoms in total. The van der Waals surface area contributed by atoms with Gasteiger partial charge in [-0.2, -0.15) is 5.26 Å². The summed E-state index contributed by atoms with van der Waals surface area (Å²) in [5.41, 5.74) is 1.91. The predicted octanol–water partition coefficient (Wildman–Crippen LogP) is 5.85. The fraction of sp³-hybridized carbons (Fsp3) is 0.211. The van der Waals surface area contributed by atoms with Gasteiger partial charge in [-0.1, -0.05) is 35.3 Å². The molecule has 0 bridgehead atoms. The van der Waals surface area contributed by atoms with Crippen molar-refractivity contribution in [3.05, 3.63) is 57.6 Å². The van der Waals surface area contributed by atoms with Crippen molar-refractivity contribution in [2.75, 3.05) is 13.2 Å². The average molecular weight is 362 g/mol. The van der Waals surface area contributed by atoms with Crippen LogP contribution in [0.4, 0.5) is 0 Å². The number of allylic oxidation sites excluding steroid dienone is 1. The molecule has 24 heavy (non-hydrogen) atoms. The first-order chi connectivity index (χ1) is 11.6. The molecule has 124 valence electrons. The van der Waals surface area contributed by atoms with Crippen molar-refractivity contribution in [2.24, 2.45) is 0 Å². The van der Waals surface area contributed by atoms with E-state index in [0.29, 0.717) is 45.9 Å². The molecule has 2 aromatic carbocycles. The van der Waals surface area contributed by atoms with Gasteiger partial charge >= 0.3 is 0 Å². The lowest BCUT2D eigenvalue weighted by Gasteiger charge is -2.11. The lowest BCUT2D eigenvalue weighted by atomic mass is 10.0. The van der Waals surface area contributed by atoms with Crippen LogP contribution in [0, 0.1) is 11.3 Å². The van der Waals surface area contributed by atoms with Crippen LogP contribution in [0.3, 0.4) is 0 Å². The van der Waals surface area contributed by atoms with Crippen LogP contribution < -0.4 is 9.47 Å². The molecular formula is C19H17Cl2NO2. The molecule has 2 aromatic rings. The third kappa shape index (κ3) is 4.44. The Hall–Kier alpha value is -2.15. The fourth-order valence-corrected chi connectivity index (χ4v) is 2.71. The summed E-state index contributed by atoms with van der Waals surface area (Å²) in [6.07, 6.45) is 1.76. The normalized spacial score (nSPS) is 11.0. The largest absolute Gasteiger partial charge is 0.490 e. The second kappa shape index (κ2) is 8.63. The zero-order valence-corrected chi connectivity index (χ0v) is 15.0. The highest BCUT2D eigenvalue weighted by Gasteiger charge is 2.09. The average Bonchev–Trinajstić information content (AvgIpc) is 2.56. The SMILES string of the molecule is CCOc1ccc(/C=C(\C#N)c2ccc(Cl)cc2Cl)cc1OCC. The van der Waals surface area contributed by atoms with Crippen molar-refractivity contribution < 1.29 is 9.47 Å². The monoisotopic (exact) mass is 361 g/mol. The van der Waals surface area contributed by atoms with E-state index in [4.69, 9.17) is 32.7 Å². The summed E-state index contributed by atoms with van der Waals surface area (Å²) in [4.78, 5) is 0. The third-order valence-electron chi connectivity index (χ3n) is 3.22. The molecule has 0 aliphatic heterocycles. The van der Waals surface area contributed by atoms with Gasteiger partial charge in [-0.25, -0.2) is 0 Å². The maximum atomic E-state index is 9.48. The van der Waals surface area contributed by atoms with Crippen molar-refractivity contribution >= 4 is 34.9 Å². The van der Waals surface area contributed by atoms with E-state index in [-0.39, 0.29) is 0 Å². The van der Waals surface area contributed by atoms with Crippen LogP contribution in [0.2, 0.25) is 10.0 Å². The minimum absolute atomic E-state index is 0.436. The molecule has 5 heteroatoms. The fourth-order valence-electron chi connectivity index (χ4n) is 2.20. The van der Waals surface area contributed by atoms with E-state index in [2.05, 4.69) is 6.07 Å². The minimum atomic E-state index is 0.436. The van der Waals surface area contributed by atoms with Gasteiger partial charge in [0.2, 0.25) is 0 Å². The van der Waals surface area contributed by atoms with Crippen LogP contribution in [-0.2, 0) is 0 Å². The van der Waals surface area contributed by atoms with Gasteiger partial charge in [0.15, 0.2) is 11.5 Å². The Labute approximate surface area is 152 Å². The van der Waals surface area contributed by atoms with Gasteiger partial charge in [0.05, 0.1) is 29.9 Å². The zero-order chi connectivity index (χ0) is 17.5. The van der Waals surface area contributed by atoms with Crippen LogP contribution >= 0.6 is 23.2 Å². The standard InChI is InChI=1S/C19H17Cl2NO2/c1-3-23-18-8-5-13(10-19(18)24-4-2)9-14(12-22)16-7-6-15(20)11-17(16)21/h5-11H,3-4H2,1-2H3/b14-9+. The van der Waals surface area contributed by atoms with Crippen LogP contribution in [-0.4, -0.2) is 13.2 Å². The Morgan fingerprint density at radius 1 is 1.04 bits per heavy atom. The number of benzene rings is 2. The number of hydrogen-bond acceptors (Lipinski definition) is 3. The Balaban J connectivity index is 2.44. The molecule has 2 rings (SSSR count). The summed E-state index contributed by atoms with van der Waals surface area (Å²) in [6, 6.07) is 12.8. The van der Waals surface area contributed by atoms with Gasteiger partial charge in [-0.3, -0.25) is 0 Å². The zero-order valence-electron chi connectivity index (χ0n) is 13.5. The first-order valence-electron chi connectivity index (χ1n) is 7.55. The molecule has 0 atom stereocenters. The summed E-state index contributed by atoms with van der Waals surface area (Å²) in [6.45, 7) is 4.91. The molecule has 0 aromatic heterocycles. The third-order valence-corrected chi connectivity index (χ3v) is 3.77. The maximum absolute atomic E-state index is 9.48. The van der Waals surface area contributed by atoms with Gasteiger partial charge in [0, 0.05) is 10.6 Å². The highest BCUT2D eigenvalue weighted by Crippen LogP contribution is 2.32. The van der Waals surface area contributed by atoms with Crippen molar-refractivity contribution in [1.82, 2.24) is 0 Å². The molecule has 0 radical (unpaired) electrons. The molecule has 0 spiro atoms. The molecule has 0 saturated carbocycles. The minimum Gasteiger partial charge on any atom is -0.490 e. The molecule has 0 aliphatic rings. The topological polar surface area (TPSA) is 42.2 Å². The number of nitrogens with zero attached hydrogens (tertiary/aromatic N) is 1. The van der Waals surface area contributed by atoms with E-state index in [1.807, 2.05) is 32.0 Å². The molecule has 0 N–H and O–H groups in total. The smallest absolute Gasteiger partial charge is 0.161 e. The van der Waals surface area contributed by atoms with E-state index < -0.39 is 0 Å². The maximum Gasteiger partial charge on any atom is 0.161 e. The Morgan fingerprint density at radius 3 is 2.38 bits per heavy atom. The highest BCUT2D eigenvalue weighted by molar-refractivity contribution is 6.36. The van der Waals surface area contributed by atoms with E-state index in [1.54, 1.807) is 24.3 Å². The van der Waals surface area contributed by atoms with Crippen molar-refractivity contribution in [3.8, 4) is 17.6 Å². The quantitative estimate of drug-likeness (QED) is 0.478. The number of ether oxygens (including phenoxy) is 2. The lowest BCUT2D eigenvalue weighted by molar-refractivity contribution is 0.287. The Morgan fingerprint density at radius 2 is 1.75 bits per heavy atom. The first-order valence-corrected chi connectivity index (χ1v) is 8.31. The van der Waals surface area contributed by atoms with Crippen molar-refractivity contribution in [3.63, 3.8) is 0 Å². The summed E-state index contributed by atoms with van der Waals surface area (Å²) >= 11 is 12.1. The van der Waals surface area contributed by atoms with Gasteiger partial charge in [-0.15, -0.1) is 0 Å². The van der Waals surface area contributed by atoms with Crippen LogP contribution in [0.1, 0.15) is 25.0 Å². The number of halogens is 2. The highest BCUT2D eigenvalue weighted by atomic mass is 35.5. The van der Waals surface area contributed by atoms with E-state index in [0.717, 1.165) is 5.56 Å². The molecule has 0 fully saturated rings. The lowest BCUT2D eigenvalue weighted by Crippen LogP contribution is -1.98. The Bertz CT molecular complexity index is 794. The number of rotatable bonds is 6. The molecule has 0 unspecified atom stereocenters. The van der Waals surface area contributed by atoms with Crippen LogP contribution in [0.25, 0.3) is 11.6 Å². The molecule has 0 saturated heterocycles. The molecule has 0 amide bonds. The summed E-state index contributed by atoms with van der Waals surface area (Å²) in [5.74, 6) is 1.33. The summed E-state index contributed by atoms with van der Waals surface area (Å²) in [5, 5.41) is 10.4. The first kappa shape index (κ1) is 18.2. The van der Waals surface area contributed by atoms with Crippen molar-refractivity contribution in [2.45, 2.75) is 13.8 Å².